The van der Waals surface area contributed by atoms with Crippen molar-refractivity contribution in [2.45, 2.75) is 31.3 Å². The molecule has 4 nitrogen and oxygen atoms in total. The van der Waals surface area contributed by atoms with Gasteiger partial charge in [0.1, 0.15) is 5.82 Å². The molecule has 146 valence electrons. The molecule has 2 atom stereocenters. The number of likely N-dealkylation sites (tertiary alicyclic amines) is 1. The first kappa shape index (κ1) is 17.7. The molecule has 1 saturated carbocycles. The molecule has 0 unspecified atom stereocenters. The van der Waals surface area contributed by atoms with Gasteiger partial charge in [0, 0.05) is 25.0 Å². The fourth-order valence-corrected chi connectivity index (χ4v) is 5.11. The summed E-state index contributed by atoms with van der Waals surface area (Å²) in [5.41, 5.74) is 3.64. The van der Waals surface area contributed by atoms with Gasteiger partial charge in [-0.1, -0.05) is 36.4 Å². The van der Waals surface area contributed by atoms with Crippen molar-refractivity contribution in [2.24, 2.45) is 5.41 Å². The summed E-state index contributed by atoms with van der Waals surface area (Å²) in [5.74, 6) is -0.256. The molecule has 1 N–H and O–H groups in total. The maximum absolute atomic E-state index is 13.5. The van der Waals surface area contributed by atoms with Crippen LogP contribution in [0.5, 0.6) is 0 Å². The van der Waals surface area contributed by atoms with Crippen LogP contribution in [-0.4, -0.2) is 48.6 Å². The summed E-state index contributed by atoms with van der Waals surface area (Å²) in [6.07, 6.45) is 3.25. The molecule has 1 spiro atoms. The van der Waals surface area contributed by atoms with Gasteiger partial charge in [-0.2, -0.15) is 0 Å². The van der Waals surface area contributed by atoms with Crippen LogP contribution < -0.4 is 5.32 Å². The molecule has 2 aliphatic heterocycles. The molecule has 2 fully saturated rings. The number of rotatable bonds is 2. The standard InChI is InChI=1S/C23H26FN3O/c1-26-14-20(23(15-26)11-12-23)25-22(28)27-13-10-16-4-2-3-5-19(16)21(27)17-6-8-18(24)9-7-17/h2-9,20-21H,10-15H2,1H3,(H,25,28)/t20-,21+/m0/s1. The highest BCUT2D eigenvalue weighted by molar-refractivity contribution is 5.76. The first-order valence-electron chi connectivity index (χ1n) is 10.1. The van der Waals surface area contributed by atoms with E-state index < -0.39 is 0 Å². The second-order valence-corrected chi connectivity index (χ2v) is 8.66. The molecule has 0 bridgehead atoms. The highest BCUT2D eigenvalue weighted by atomic mass is 19.1. The SMILES string of the molecule is CN1C[C@H](NC(=O)N2CCc3ccccc3[C@H]2c2ccc(F)cc2)C2(CC2)C1. The Labute approximate surface area is 165 Å². The lowest BCUT2D eigenvalue weighted by atomic mass is 9.88. The number of fused-ring (bicyclic) bond motifs is 1. The second-order valence-electron chi connectivity index (χ2n) is 8.66. The Morgan fingerprint density at radius 2 is 1.89 bits per heavy atom. The average Bonchev–Trinajstić information content (AvgIpc) is 3.40. The molecule has 28 heavy (non-hydrogen) atoms. The van der Waals surface area contributed by atoms with Crippen molar-refractivity contribution in [3.05, 3.63) is 71.0 Å². The first-order valence-corrected chi connectivity index (χ1v) is 10.1. The quantitative estimate of drug-likeness (QED) is 0.866. The summed E-state index contributed by atoms with van der Waals surface area (Å²) >= 11 is 0. The van der Waals surface area contributed by atoms with Crippen LogP contribution in [0.2, 0.25) is 0 Å². The zero-order valence-electron chi connectivity index (χ0n) is 16.2. The van der Waals surface area contributed by atoms with Gasteiger partial charge in [-0.05, 0) is 55.1 Å². The Bertz CT molecular complexity index is 893. The van der Waals surface area contributed by atoms with Gasteiger partial charge in [-0.15, -0.1) is 0 Å². The number of halogens is 1. The average molecular weight is 379 g/mol. The fourth-order valence-electron chi connectivity index (χ4n) is 5.11. The Kier molecular flexibility index (Phi) is 4.16. The number of benzene rings is 2. The van der Waals surface area contributed by atoms with Crippen LogP contribution >= 0.6 is 0 Å². The predicted molar refractivity (Wildman–Crippen MR) is 107 cm³/mol. The topological polar surface area (TPSA) is 35.6 Å². The van der Waals surface area contributed by atoms with Gasteiger partial charge >= 0.3 is 6.03 Å². The van der Waals surface area contributed by atoms with Crippen molar-refractivity contribution >= 4 is 6.03 Å². The van der Waals surface area contributed by atoms with E-state index in [1.807, 2.05) is 17.0 Å². The summed E-state index contributed by atoms with van der Waals surface area (Å²) in [5, 5.41) is 3.34. The van der Waals surface area contributed by atoms with Gasteiger partial charge in [-0.3, -0.25) is 0 Å². The van der Waals surface area contributed by atoms with Crippen molar-refractivity contribution in [3.63, 3.8) is 0 Å². The van der Waals surface area contributed by atoms with Crippen molar-refractivity contribution in [1.82, 2.24) is 15.1 Å². The minimum Gasteiger partial charge on any atom is -0.333 e. The van der Waals surface area contributed by atoms with E-state index in [2.05, 4.69) is 29.4 Å². The van der Waals surface area contributed by atoms with Gasteiger partial charge < -0.3 is 15.1 Å². The van der Waals surface area contributed by atoms with E-state index in [1.165, 1.54) is 30.5 Å². The highest BCUT2D eigenvalue weighted by Gasteiger charge is 2.55. The number of likely N-dealkylation sites (N-methyl/N-ethyl adjacent to an activating group) is 1. The molecule has 5 heteroatoms. The van der Waals surface area contributed by atoms with Crippen LogP contribution in [0.15, 0.2) is 48.5 Å². The number of carbonyl (C=O) groups excluding carboxylic acids is 1. The minimum absolute atomic E-state index is 0.00426. The lowest BCUT2D eigenvalue weighted by molar-refractivity contribution is 0.173. The van der Waals surface area contributed by atoms with Gasteiger partial charge in [0.2, 0.25) is 0 Å². The van der Waals surface area contributed by atoms with Gasteiger partial charge in [0.15, 0.2) is 0 Å². The lowest BCUT2D eigenvalue weighted by Crippen LogP contribution is -2.51. The normalized spacial score (nSPS) is 25.6. The number of hydrogen-bond acceptors (Lipinski definition) is 2. The molecule has 2 aromatic carbocycles. The molecule has 2 aromatic rings. The Morgan fingerprint density at radius 3 is 2.64 bits per heavy atom. The van der Waals surface area contributed by atoms with Crippen LogP contribution in [0.1, 0.15) is 35.6 Å². The molecular weight excluding hydrogens is 353 g/mol. The highest BCUT2D eigenvalue weighted by Crippen LogP contribution is 2.52. The van der Waals surface area contributed by atoms with E-state index >= 15 is 0 Å². The van der Waals surface area contributed by atoms with E-state index in [1.54, 1.807) is 12.1 Å². The third-order valence-corrected chi connectivity index (χ3v) is 6.74. The Morgan fingerprint density at radius 1 is 1.14 bits per heavy atom. The molecule has 0 aromatic heterocycles. The number of nitrogens with one attached hydrogen (secondary N) is 1. The van der Waals surface area contributed by atoms with Crippen LogP contribution in [0, 0.1) is 11.2 Å². The molecule has 3 aliphatic rings. The monoisotopic (exact) mass is 379 g/mol. The molecule has 0 radical (unpaired) electrons. The summed E-state index contributed by atoms with van der Waals surface area (Å²) in [7, 11) is 2.13. The lowest BCUT2D eigenvalue weighted by Gasteiger charge is -2.38. The van der Waals surface area contributed by atoms with Gasteiger partial charge in [0.05, 0.1) is 12.1 Å². The molecule has 5 rings (SSSR count). The van der Waals surface area contributed by atoms with Crippen LogP contribution in [-0.2, 0) is 6.42 Å². The maximum Gasteiger partial charge on any atom is 0.318 e. The Balaban J connectivity index is 1.45. The Hall–Kier alpha value is -2.40. The van der Waals surface area contributed by atoms with Crippen LogP contribution in [0.4, 0.5) is 9.18 Å². The molecule has 2 amide bonds. The van der Waals surface area contributed by atoms with E-state index in [0.29, 0.717) is 6.54 Å². The number of hydrogen-bond donors (Lipinski definition) is 1. The molecular formula is C23H26FN3O. The van der Waals surface area contributed by atoms with Crippen LogP contribution in [0.3, 0.4) is 0 Å². The fraction of sp³-hybridized carbons (Fsp3) is 0.435. The number of amides is 2. The third-order valence-electron chi connectivity index (χ3n) is 6.74. The van der Waals surface area contributed by atoms with Crippen LogP contribution in [0.25, 0.3) is 0 Å². The molecule has 1 aliphatic carbocycles. The second kappa shape index (κ2) is 6.59. The molecule has 1 saturated heterocycles. The van der Waals surface area contributed by atoms with Crippen molar-refractivity contribution in [2.75, 3.05) is 26.7 Å². The van der Waals surface area contributed by atoms with Gasteiger partial charge in [-0.25, -0.2) is 9.18 Å². The number of urea groups is 1. The van der Waals surface area contributed by atoms with E-state index in [-0.39, 0.29) is 29.3 Å². The van der Waals surface area contributed by atoms with Crippen molar-refractivity contribution in [3.8, 4) is 0 Å². The smallest absolute Gasteiger partial charge is 0.318 e. The van der Waals surface area contributed by atoms with E-state index in [4.69, 9.17) is 0 Å². The number of carbonyl (C=O) groups is 1. The summed E-state index contributed by atoms with van der Waals surface area (Å²) < 4.78 is 13.5. The summed E-state index contributed by atoms with van der Waals surface area (Å²) in [6.45, 7) is 2.65. The van der Waals surface area contributed by atoms with E-state index in [0.717, 1.165) is 30.6 Å². The predicted octanol–water partition coefficient (Wildman–Crippen LogP) is 3.58. The zero-order chi connectivity index (χ0) is 19.3. The minimum atomic E-state index is -0.256. The summed E-state index contributed by atoms with van der Waals surface area (Å²) in [6, 6.07) is 14.9. The third kappa shape index (κ3) is 2.98. The largest absolute Gasteiger partial charge is 0.333 e. The van der Waals surface area contributed by atoms with Crippen molar-refractivity contribution in [1.29, 1.82) is 0 Å². The maximum atomic E-state index is 13.5. The number of nitrogens with zero attached hydrogens (tertiary/aromatic N) is 2. The molecule has 2 heterocycles. The first-order chi connectivity index (χ1) is 13.6. The summed E-state index contributed by atoms with van der Waals surface area (Å²) in [4.78, 5) is 17.6. The zero-order valence-corrected chi connectivity index (χ0v) is 16.2. The van der Waals surface area contributed by atoms with E-state index in [9.17, 15) is 9.18 Å². The van der Waals surface area contributed by atoms with Crippen molar-refractivity contribution < 1.29 is 9.18 Å². The van der Waals surface area contributed by atoms with Gasteiger partial charge in [0.25, 0.3) is 0 Å².